The number of benzene rings is 1. The number of rotatable bonds is 3. The van der Waals surface area contributed by atoms with Crippen LogP contribution in [0.15, 0.2) is 53.5 Å². The van der Waals surface area contributed by atoms with Crippen molar-refractivity contribution >= 4 is 5.65 Å². The highest BCUT2D eigenvalue weighted by molar-refractivity contribution is 5.68. The van der Waals surface area contributed by atoms with Crippen LogP contribution in [0.4, 0.5) is 4.39 Å². The zero-order chi connectivity index (χ0) is 16.4. The van der Waals surface area contributed by atoms with Gasteiger partial charge in [-0.2, -0.15) is 14.2 Å². The topological polar surface area (TPSA) is 70.1 Å². The van der Waals surface area contributed by atoms with E-state index in [2.05, 4.69) is 0 Å². The van der Waals surface area contributed by atoms with Crippen LogP contribution in [-0.2, 0) is 6.54 Å². The molecule has 0 unspecified atom stereocenters. The van der Waals surface area contributed by atoms with Crippen LogP contribution < -0.4 is 9.96 Å². The Labute approximate surface area is 131 Å². The fourth-order valence-electron chi connectivity index (χ4n) is 2.56. The van der Waals surface area contributed by atoms with E-state index in [-0.39, 0.29) is 30.0 Å². The van der Waals surface area contributed by atoms with E-state index in [1.165, 1.54) is 27.2 Å². The zero-order valence-corrected chi connectivity index (χ0v) is 12.1. The molecule has 0 saturated carbocycles. The maximum atomic E-state index is 13.5. The Morgan fingerprint density at radius 3 is 2.83 bits per heavy atom. The van der Waals surface area contributed by atoms with Crippen LogP contribution in [0.1, 0.15) is 6.42 Å². The summed E-state index contributed by atoms with van der Waals surface area (Å²) in [5, 5.41) is 19.4. The minimum absolute atomic E-state index is 0.00568. The third-order valence-corrected chi connectivity index (χ3v) is 3.59. The minimum atomic E-state index is -0.497. The predicted molar refractivity (Wildman–Crippen MR) is 81.2 cm³/mol. The summed E-state index contributed by atoms with van der Waals surface area (Å²) in [6, 6.07) is 12.6. The fourth-order valence-corrected chi connectivity index (χ4v) is 2.56. The van der Waals surface area contributed by atoms with E-state index < -0.39 is 11.4 Å². The van der Waals surface area contributed by atoms with Crippen molar-refractivity contribution in [2.45, 2.75) is 13.0 Å². The monoisotopic (exact) mass is 310 g/mol. The highest BCUT2D eigenvalue weighted by Gasteiger charge is 2.24. The molecule has 0 aliphatic carbocycles. The molecule has 114 valence electrons. The number of halogens is 1. The summed E-state index contributed by atoms with van der Waals surface area (Å²) in [4.78, 5) is 12.7. The lowest BCUT2D eigenvalue weighted by Crippen LogP contribution is -2.43. The van der Waals surface area contributed by atoms with E-state index >= 15 is 0 Å². The van der Waals surface area contributed by atoms with Crippen molar-refractivity contribution in [2.75, 3.05) is 0 Å². The van der Waals surface area contributed by atoms with Crippen molar-refractivity contribution in [3.63, 3.8) is 0 Å². The van der Waals surface area contributed by atoms with E-state index in [1.807, 2.05) is 6.07 Å². The summed E-state index contributed by atoms with van der Waals surface area (Å²) in [5.41, 5.74) is 0.310. The molecule has 0 aliphatic rings. The van der Waals surface area contributed by atoms with Gasteiger partial charge < -0.3 is 5.11 Å². The van der Waals surface area contributed by atoms with Gasteiger partial charge in [-0.3, -0.25) is 0 Å². The Morgan fingerprint density at radius 2 is 2.09 bits per heavy atom. The first-order valence-corrected chi connectivity index (χ1v) is 7.02. The maximum Gasteiger partial charge on any atom is 0.354 e. The fraction of sp³-hybridized carbons (Fsp3) is 0.118. The normalized spacial score (nSPS) is 10.6. The van der Waals surface area contributed by atoms with Gasteiger partial charge in [-0.1, -0.05) is 18.2 Å². The first-order valence-electron chi connectivity index (χ1n) is 7.02. The second kappa shape index (κ2) is 5.89. The molecule has 3 rings (SSSR count). The van der Waals surface area contributed by atoms with Crippen LogP contribution in [0.25, 0.3) is 16.8 Å². The van der Waals surface area contributed by atoms with Gasteiger partial charge in [0.05, 0.1) is 18.7 Å². The molecule has 6 heteroatoms. The lowest BCUT2D eigenvalue weighted by atomic mass is 10.1. The molecule has 1 aromatic carbocycles. The van der Waals surface area contributed by atoms with Crippen molar-refractivity contribution in [3.05, 3.63) is 64.8 Å². The van der Waals surface area contributed by atoms with Crippen LogP contribution >= 0.6 is 0 Å². The molecule has 0 amide bonds. The lowest BCUT2D eigenvalue weighted by Gasteiger charge is -2.08. The first kappa shape index (κ1) is 14.7. The quantitative estimate of drug-likeness (QED) is 0.752. The third kappa shape index (κ3) is 2.53. The molecule has 5 nitrogen and oxygen atoms in total. The summed E-state index contributed by atoms with van der Waals surface area (Å²) < 4.78 is 16.3. The van der Waals surface area contributed by atoms with Crippen molar-refractivity contribution in [3.8, 4) is 23.1 Å². The second-order valence-electron chi connectivity index (χ2n) is 5.00. The van der Waals surface area contributed by atoms with Gasteiger partial charge in [0.25, 0.3) is 11.5 Å². The average molecular weight is 310 g/mol. The Bertz CT molecular complexity index is 989. The van der Waals surface area contributed by atoms with E-state index in [9.17, 15) is 14.3 Å². The van der Waals surface area contributed by atoms with Crippen LogP contribution in [0.5, 0.6) is 5.88 Å². The molecule has 2 aromatic heterocycles. The van der Waals surface area contributed by atoms with Crippen LogP contribution in [0.2, 0.25) is 0 Å². The largest absolute Gasteiger partial charge is 0.477 e. The first-order chi connectivity index (χ1) is 11.1. The van der Waals surface area contributed by atoms with Gasteiger partial charge in [0, 0.05) is 11.6 Å². The Morgan fingerprint density at radius 1 is 1.26 bits per heavy atom. The van der Waals surface area contributed by atoms with E-state index in [1.54, 1.807) is 30.5 Å². The lowest BCUT2D eigenvalue weighted by molar-refractivity contribution is -0.532. The molecule has 1 N–H and O–H groups in total. The SMILES string of the molecule is N#CCCn1c(O)c(-c2cccc(F)c2)c(=O)[n+]2ccccc12. The van der Waals surface area contributed by atoms with Crippen molar-refractivity contribution in [1.82, 2.24) is 4.57 Å². The minimum Gasteiger partial charge on any atom is -0.477 e. The number of pyridine rings is 1. The molecule has 3 aromatic rings. The average Bonchev–Trinajstić information content (AvgIpc) is 2.55. The molecule has 0 bridgehead atoms. The number of hydrogen-bond acceptors (Lipinski definition) is 3. The Kier molecular flexibility index (Phi) is 3.77. The number of hydrogen-bond donors (Lipinski definition) is 1. The van der Waals surface area contributed by atoms with E-state index in [0.717, 1.165) is 0 Å². The van der Waals surface area contributed by atoms with Crippen molar-refractivity contribution in [2.24, 2.45) is 0 Å². The highest BCUT2D eigenvalue weighted by Crippen LogP contribution is 2.26. The summed E-state index contributed by atoms with van der Waals surface area (Å²) in [7, 11) is 0. The number of aryl methyl sites for hydroxylation is 1. The van der Waals surface area contributed by atoms with Gasteiger partial charge in [-0.25, -0.2) is 9.18 Å². The van der Waals surface area contributed by atoms with E-state index in [4.69, 9.17) is 5.26 Å². The Hall–Kier alpha value is -3.20. The molecule has 0 aliphatic heterocycles. The molecule has 0 atom stereocenters. The zero-order valence-electron chi connectivity index (χ0n) is 12.1. The van der Waals surface area contributed by atoms with Crippen LogP contribution in [0, 0.1) is 17.1 Å². The van der Waals surface area contributed by atoms with Crippen molar-refractivity contribution < 1.29 is 13.9 Å². The standard InChI is InChI=1S/C17H12FN3O2/c18-13-6-3-5-12(11-13)15-16(22)20-9-2-1-7-14(20)21(17(15)23)10-4-8-19/h1-3,5-7,9,11H,4,10H2/p+1. The van der Waals surface area contributed by atoms with Gasteiger partial charge in [0.15, 0.2) is 5.56 Å². The third-order valence-electron chi connectivity index (χ3n) is 3.59. The van der Waals surface area contributed by atoms with Gasteiger partial charge in [0.2, 0.25) is 0 Å². The molecule has 0 radical (unpaired) electrons. The number of aromatic hydroxyl groups is 1. The molecular weight excluding hydrogens is 297 g/mol. The molecule has 0 saturated heterocycles. The second-order valence-corrected chi connectivity index (χ2v) is 5.00. The number of nitriles is 1. The summed E-state index contributed by atoms with van der Waals surface area (Å²) in [6.07, 6.45) is 1.74. The summed E-state index contributed by atoms with van der Waals surface area (Å²) in [6.45, 7) is 0.221. The molecule has 2 heterocycles. The summed E-state index contributed by atoms with van der Waals surface area (Å²) in [5.74, 6) is -0.773. The van der Waals surface area contributed by atoms with Gasteiger partial charge in [0.1, 0.15) is 12.4 Å². The van der Waals surface area contributed by atoms with Gasteiger partial charge in [-0.05, 0) is 18.2 Å². The number of nitrogens with zero attached hydrogens (tertiary/aromatic N) is 3. The van der Waals surface area contributed by atoms with Gasteiger partial charge in [-0.15, -0.1) is 0 Å². The number of fused-ring (bicyclic) bond motifs is 1. The summed E-state index contributed by atoms with van der Waals surface area (Å²) >= 11 is 0. The number of aromatic nitrogens is 2. The Balaban J connectivity index is 2.39. The molecule has 23 heavy (non-hydrogen) atoms. The van der Waals surface area contributed by atoms with Crippen LogP contribution in [0.3, 0.4) is 0 Å². The smallest absolute Gasteiger partial charge is 0.354 e. The molecular formula is C17H13FN3O2+. The van der Waals surface area contributed by atoms with Crippen LogP contribution in [-0.4, -0.2) is 9.67 Å². The maximum absolute atomic E-state index is 13.5. The van der Waals surface area contributed by atoms with Gasteiger partial charge >= 0.3 is 5.56 Å². The molecule has 0 spiro atoms. The van der Waals surface area contributed by atoms with Crippen molar-refractivity contribution in [1.29, 1.82) is 5.26 Å². The highest BCUT2D eigenvalue weighted by atomic mass is 19.1. The predicted octanol–water partition coefficient (Wildman–Crippen LogP) is 2.01. The van der Waals surface area contributed by atoms with E-state index in [0.29, 0.717) is 5.65 Å². The molecule has 0 fully saturated rings.